The molecule has 0 rings (SSSR count). The van der Waals surface area contributed by atoms with Crippen LogP contribution < -0.4 is 0 Å². The standard InChI is InChI=1S/BFH2.2H2O/c1-2;;/h1H2;2*1H2. The lowest BCUT2D eigenvalue weighted by Gasteiger charge is -1.07. The van der Waals surface area contributed by atoms with Gasteiger partial charge >= 0.3 is 8.12 Å². The summed E-state index contributed by atoms with van der Waals surface area (Å²) < 4.78 is 9.50. The maximum atomic E-state index is 9.50. The monoisotopic (exact) mass is 68.0 g/mol. The van der Waals surface area contributed by atoms with Crippen molar-refractivity contribution in [3.05, 3.63) is 0 Å². The Bertz CT molecular complexity index is 6.00. The van der Waals surface area contributed by atoms with Crippen LogP contribution in [0.25, 0.3) is 0 Å². The molecule has 0 aromatic rings. The number of hydrogen-bond acceptors (Lipinski definition) is 0. The van der Waals surface area contributed by atoms with Gasteiger partial charge in [-0.2, -0.15) is 0 Å². The highest BCUT2D eigenvalue weighted by Crippen LogP contribution is 1.10. The first-order valence-electron chi connectivity index (χ1n) is 0.378. The van der Waals surface area contributed by atoms with E-state index in [-0.39, 0.29) is 11.0 Å². The van der Waals surface area contributed by atoms with Gasteiger partial charge in [-0.1, -0.05) is 0 Å². The molecule has 28 valence electrons. The fourth-order valence-corrected chi connectivity index (χ4v) is 0. The van der Waals surface area contributed by atoms with Gasteiger partial charge < -0.3 is 15.3 Å². The van der Waals surface area contributed by atoms with E-state index in [0.29, 0.717) is 8.12 Å². The minimum atomic E-state index is 0. The van der Waals surface area contributed by atoms with Gasteiger partial charge in [-0.25, -0.2) is 0 Å². The Morgan fingerprint density at radius 3 is 1.00 bits per heavy atom. The Morgan fingerprint density at radius 1 is 1.00 bits per heavy atom. The van der Waals surface area contributed by atoms with Gasteiger partial charge in [0.05, 0.1) is 0 Å². The van der Waals surface area contributed by atoms with E-state index in [1.165, 1.54) is 0 Å². The molecule has 0 atom stereocenters. The summed E-state index contributed by atoms with van der Waals surface area (Å²) >= 11 is 0. The molecule has 4 heteroatoms. The fourth-order valence-electron chi connectivity index (χ4n) is 0. The molecule has 0 aliphatic carbocycles. The summed E-state index contributed by atoms with van der Waals surface area (Å²) in [6.45, 7) is 0. The summed E-state index contributed by atoms with van der Waals surface area (Å²) in [7, 11) is 0.500. The highest BCUT2D eigenvalue weighted by Gasteiger charge is 1.04. The summed E-state index contributed by atoms with van der Waals surface area (Å²) in [5.41, 5.74) is 0. The molecule has 0 unspecified atom stereocenters. The summed E-state index contributed by atoms with van der Waals surface area (Å²) in [4.78, 5) is 0. The van der Waals surface area contributed by atoms with Gasteiger partial charge in [0, 0.05) is 0 Å². The zero-order chi connectivity index (χ0) is 2.00. The molecular weight excluding hydrogens is 61.8 g/mol. The third-order valence-electron chi connectivity index (χ3n) is 0. The maximum Gasteiger partial charge on any atom is 0.314 e. The maximum absolute atomic E-state index is 9.50. The van der Waals surface area contributed by atoms with Gasteiger partial charge in [0.1, 0.15) is 0 Å². The van der Waals surface area contributed by atoms with E-state index < -0.39 is 0 Å². The van der Waals surface area contributed by atoms with Crippen LogP contribution in [0.15, 0.2) is 0 Å². The lowest BCUT2D eigenvalue weighted by atomic mass is 10.7. The van der Waals surface area contributed by atoms with Crippen LogP contribution in [-0.2, 0) is 0 Å². The Kier molecular flexibility index (Phi) is 14700. The van der Waals surface area contributed by atoms with E-state index in [1.807, 2.05) is 0 Å². The van der Waals surface area contributed by atoms with Gasteiger partial charge in [0.2, 0.25) is 0 Å². The van der Waals surface area contributed by atoms with Crippen molar-refractivity contribution in [3.63, 3.8) is 0 Å². The highest BCUT2D eigenvalue weighted by molar-refractivity contribution is 5.96. The van der Waals surface area contributed by atoms with Crippen molar-refractivity contribution in [2.45, 2.75) is 0 Å². The first kappa shape index (κ1) is 39.7. The molecule has 4 N–H and O–H groups in total. The largest absolute Gasteiger partial charge is 0.412 e. The van der Waals surface area contributed by atoms with Crippen LogP contribution in [0, 0.1) is 0 Å². The van der Waals surface area contributed by atoms with Crippen molar-refractivity contribution < 1.29 is 15.3 Å². The van der Waals surface area contributed by atoms with Crippen LogP contribution in [0.5, 0.6) is 0 Å². The van der Waals surface area contributed by atoms with Crippen molar-refractivity contribution in [3.8, 4) is 0 Å². The summed E-state index contributed by atoms with van der Waals surface area (Å²) in [5.74, 6) is 0. The molecule has 0 fully saturated rings. The predicted molar refractivity (Wildman–Crippen MR) is 16.9 cm³/mol. The van der Waals surface area contributed by atoms with Crippen molar-refractivity contribution >= 4 is 8.12 Å². The topological polar surface area (TPSA) is 63.0 Å². The van der Waals surface area contributed by atoms with E-state index in [2.05, 4.69) is 0 Å². The Balaban J connectivity index is -0.00000000500. The number of rotatable bonds is 0. The van der Waals surface area contributed by atoms with Gasteiger partial charge in [0.25, 0.3) is 0 Å². The normalized spacial score (nSPS) is 1.25. The van der Waals surface area contributed by atoms with E-state index in [0.717, 1.165) is 0 Å². The zero-order valence-electron chi connectivity index (χ0n) is 2.38. The van der Waals surface area contributed by atoms with Crippen molar-refractivity contribution in [2.24, 2.45) is 0 Å². The van der Waals surface area contributed by atoms with Crippen LogP contribution in [0.3, 0.4) is 0 Å². The van der Waals surface area contributed by atoms with E-state index in [1.54, 1.807) is 0 Å². The van der Waals surface area contributed by atoms with Crippen LogP contribution >= 0.6 is 0 Å². The molecule has 4 heavy (non-hydrogen) atoms. The average molecular weight is 67.9 g/mol. The molecule has 0 amide bonds. The highest BCUT2D eigenvalue weighted by atomic mass is 19.1. The lowest BCUT2D eigenvalue weighted by molar-refractivity contribution is 0.823. The molecule has 0 radical (unpaired) electrons. The molecule has 2 nitrogen and oxygen atoms in total. The minimum Gasteiger partial charge on any atom is -0.412 e. The van der Waals surface area contributed by atoms with Crippen LogP contribution in [0.4, 0.5) is 4.32 Å². The summed E-state index contributed by atoms with van der Waals surface area (Å²) in [5, 5.41) is 0. The second-order valence-electron chi connectivity index (χ2n) is 0. The van der Waals surface area contributed by atoms with Crippen molar-refractivity contribution in [1.82, 2.24) is 0 Å². The first-order chi connectivity index (χ1) is 1.00. The fraction of sp³-hybridized carbons (Fsp3) is 0. The Hall–Kier alpha value is -0.0851. The third-order valence-corrected chi connectivity index (χ3v) is 0. The number of hydrogen-bond donors (Lipinski definition) is 0. The average Bonchev–Trinajstić information content (AvgIpc) is 1.00. The molecule has 0 aliphatic heterocycles. The van der Waals surface area contributed by atoms with Gasteiger partial charge in [-0.05, 0) is 0 Å². The minimum absolute atomic E-state index is 0. The second kappa shape index (κ2) is 1480. The van der Waals surface area contributed by atoms with Gasteiger partial charge in [-0.3, -0.25) is 0 Å². The van der Waals surface area contributed by atoms with E-state index in [9.17, 15) is 4.32 Å². The van der Waals surface area contributed by atoms with Gasteiger partial charge in [0.15, 0.2) is 0 Å². The van der Waals surface area contributed by atoms with Crippen molar-refractivity contribution in [2.75, 3.05) is 0 Å². The van der Waals surface area contributed by atoms with Crippen LogP contribution in [0.2, 0.25) is 0 Å². The van der Waals surface area contributed by atoms with Gasteiger partial charge in [-0.15, -0.1) is 0 Å². The molecule has 0 aliphatic rings. The zero-order valence-corrected chi connectivity index (χ0v) is 2.38. The molecule has 0 spiro atoms. The quantitative estimate of drug-likeness (QED) is 0.290. The number of halogens is 1. The van der Waals surface area contributed by atoms with Crippen molar-refractivity contribution in [1.29, 1.82) is 0 Å². The van der Waals surface area contributed by atoms with Crippen LogP contribution in [-0.4, -0.2) is 19.1 Å². The SMILES string of the molecule is BF.O.O. The molecule has 0 bridgehead atoms. The Morgan fingerprint density at radius 2 is 1.00 bits per heavy atom. The predicted octanol–water partition coefficient (Wildman–Crippen LogP) is -2.15. The smallest absolute Gasteiger partial charge is 0.314 e. The van der Waals surface area contributed by atoms with Crippen LogP contribution in [0.1, 0.15) is 0 Å². The summed E-state index contributed by atoms with van der Waals surface area (Å²) in [6.07, 6.45) is 0. The molecule has 0 aromatic carbocycles. The molecule has 0 aromatic heterocycles. The molecule has 0 saturated carbocycles. The lowest BCUT2D eigenvalue weighted by Crippen LogP contribution is -1.06. The third kappa shape index (κ3) is 222. The first-order valence-corrected chi connectivity index (χ1v) is 0.378. The van der Waals surface area contributed by atoms with E-state index >= 15 is 0 Å². The molecular formula is H6BFO2. The van der Waals surface area contributed by atoms with E-state index in [4.69, 9.17) is 0 Å². The summed E-state index contributed by atoms with van der Waals surface area (Å²) in [6, 6.07) is 0. The molecule has 0 saturated heterocycles. The second-order valence-corrected chi connectivity index (χ2v) is 0. The Labute approximate surface area is 24.7 Å². The molecule has 0 heterocycles.